The molecular formula is C20H23N3O3S2. The molecule has 0 bridgehead atoms. The molecule has 8 heteroatoms. The number of aryl methyl sites for hydroxylation is 1. The fourth-order valence-corrected chi connectivity index (χ4v) is 4.18. The number of ether oxygens (including phenoxy) is 3. The molecule has 0 unspecified atom stereocenters. The average Bonchev–Trinajstić information content (AvgIpc) is 3.35. The Morgan fingerprint density at radius 3 is 2.57 bits per heavy atom. The summed E-state index contributed by atoms with van der Waals surface area (Å²) in [5.74, 6) is 1.83. The molecule has 6 nitrogen and oxygen atoms in total. The third kappa shape index (κ3) is 4.63. The standard InChI is InChI=1S/C20H23N3O3S2/c1-5-8-26-19-15(24-3)10-14(11-16(19)25-4)12-21-23-20-22-18(13(2)28-20)17-7-6-9-27-17/h6-7,9-12H,5,8H2,1-4H3,(H,22,23)/b21-12-. The normalized spacial score (nSPS) is 11.0. The van der Waals surface area contributed by atoms with Gasteiger partial charge in [-0.15, -0.1) is 22.7 Å². The Hall–Kier alpha value is -2.58. The largest absolute Gasteiger partial charge is 0.493 e. The Morgan fingerprint density at radius 1 is 1.21 bits per heavy atom. The van der Waals surface area contributed by atoms with Crippen LogP contribution in [0.5, 0.6) is 17.2 Å². The van der Waals surface area contributed by atoms with Crippen molar-refractivity contribution < 1.29 is 14.2 Å². The minimum absolute atomic E-state index is 0.595. The van der Waals surface area contributed by atoms with Gasteiger partial charge in [0.15, 0.2) is 11.5 Å². The lowest BCUT2D eigenvalue weighted by Gasteiger charge is -2.14. The van der Waals surface area contributed by atoms with Crippen LogP contribution < -0.4 is 19.6 Å². The lowest BCUT2D eigenvalue weighted by Crippen LogP contribution is -2.01. The molecule has 3 rings (SSSR count). The summed E-state index contributed by atoms with van der Waals surface area (Å²) >= 11 is 3.25. The van der Waals surface area contributed by atoms with Crippen molar-refractivity contribution >= 4 is 34.0 Å². The first kappa shape index (κ1) is 20.2. The summed E-state index contributed by atoms with van der Waals surface area (Å²) < 4.78 is 16.7. The van der Waals surface area contributed by atoms with Gasteiger partial charge < -0.3 is 14.2 Å². The second kappa shape index (κ2) is 9.57. The lowest BCUT2D eigenvalue weighted by atomic mass is 10.2. The molecule has 0 radical (unpaired) electrons. The van der Waals surface area contributed by atoms with Crippen LogP contribution in [0.2, 0.25) is 0 Å². The van der Waals surface area contributed by atoms with Gasteiger partial charge in [0.25, 0.3) is 0 Å². The highest BCUT2D eigenvalue weighted by atomic mass is 32.1. The number of thiophene rings is 1. The van der Waals surface area contributed by atoms with Crippen LogP contribution in [0.15, 0.2) is 34.7 Å². The summed E-state index contributed by atoms with van der Waals surface area (Å²) in [7, 11) is 3.22. The molecule has 1 N–H and O–H groups in total. The number of nitrogens with zero attached hydrogens (tertiary/aromatic N) is 2. The number of hydrogen-bond donors (Lipinski definition) is 1. The van der Waals surface area contributed by atoms with E-state index in [9.17, 15) is 0 Å². The molecule has 3 aromatic rings. The van der Waals surface area contributed by atoms with Crippen molar-refractivity contribution in [2.24, 2.45) is 5.10 Å². The second-order valence-corrected chi connectivity index (χ2v) is 8.03. The Balaban J connectivity index is 1.76. The van der Waals surface area contributed by atoms with Gasteiger partial charge >= 0.3 is 0 Å². The highest BCUT2D eigenvalue weighted by Crippen LogP contribution is 2.38. The number of benzene rings is 1. The molecule has 0 atom stereocenters. The van der Waals surface area contributed by atoms with E-state index >= 15 is 0 Å². The fraction of sp³-hybridized carbons (Fsp3) is 0.300. The monoisotopic (exact) mass is 417 g/mol. The van der Waals surface area contributed by atoms with Crippen molar-refractivity contribution in [3.63, 3.8) is 0 Å². The van der Waals surface area contributed by atoms with Crippen molar-refractivity contribution in [1.82, 2.24) is 4.98 Å². The van der Waals surface area contributed by atoms with Gasteiger partial charge in [0.2, 0.25) is 10.9 Å². The summed E-state index contributed by atoms with van der Waals surface area (Å²) in [5, 5.41) is 7.11. The van der Waals surface area contributed by atoms with Gasteiger partial charge in [-0.1, -0.05) is 13.0 Å². The highest BCUT2D eigenvalue weighted by molar-refractivity contribution is 7.17. The quantitative estimate of drug-likeness (QED) is 0.371. The predicted molar refractivity (Wildman–Crippen MR) is 117 cm³/mol. The molecule has 0 aliphatic carbocycles. The molecule has 2 heterocycles. The van der Waals surface area contributed by atoms with Crippen molar-refractivity contribution in [3.05, 3.63) is 40.1 Å². The molecule has 2 aromatic heterocycles. The SMILES string of the molecule is CCCOc1c(OC)cc(/C=N\Nc2nc(-c3cccs3)c(C)s2)cc1OC. The lowest BCUT2D eigenvalue weighted by molar-refractivity contribution is 0.275. The van der Waals surface area contributed by atoms with Crippen molar-refractivity contribution in [1.29, 1.82) is 0 Å². The van der Waals surface area contributed by atoms with Gasteiger partial charge in [-0.05, 0) is 36.9 Å². The van der Waals surface area contributed by atoms with Gasteiger partial charge in [-0.3, -0.25) is 5.43 Å². The van der Waals surface area contributed by atoms with Crippen LogP contribution in [0.3, 0.4) is 0 Å². The van der Waals surface area contributed by atoms with Crippen molar-refractivity contribution in [3.8, 4) is 27.8 Å². The molecule has 0 fully saturated rings. The first-order valence-electron chi connectivity index (χ1n) is 8.85. The molecular weight excluding hydrogens is 394 g/mol. The topological polar surface area (TPSA) is 65.0 Å². The molecule has 0 saturated carbocycles. The van der Waals surface area contributed by atoms with E-state index < -0.39 is 0 Å². The van der Waals surface area contributed by atoms with Gasteiger partial charge in [0, 0.05) is 10.4 Å². The van der Waals surface area contributed by atoms with E-state index in [1.54, 1.807) is 43.1 Å². The number of hydrazone groups is 1. The van der Waals surface area contributed by atoms with Gasteiger partial charge in [-0.2, -0.15) is 5.10 Å². The molecule has 28 heavy (non-hydrogen) atoms. The Morgan fingerprint density at radius 2 is 1.96 bits per heavy atom. The van der Waals surface area contributed by atoms with Crippen molar-refractivity contribution in [2.75, 3.05) is 26.3 Å². The minimum atomic E-state index is 0.595. The van der Waals surface area contributed by atoms with E-state index in [1.807, 2.05) is 23.6 Å². The zero-order valence-corrected chi connectivity index (χ0v) is 17.9. The zero-order chi connectivity index (χ0) is 19.9. The van der Waals surface area contributed by atoms with Crippen LogP contribution in [-0.2, 0) is 0 Å². The van der Waals surface area contributed by atoms with E-state index in [4.69, 9.17) is 14.2 Å². The summed E-state index contributed by atoms with van der Waals surface area (Å²) in [6, 6.07) is 7.82. The maximum absolute atomic E-state index is 5.76. The highest BCUT2D eigenvalue weighted by Gasteiger charge is 2.14. The number of thiazole rings is 1. The number of rotatable bonds is 9. The van der Waals surface area contributed by atoms with Crippen molar-refractivity contribution in [2.45, 2.75) is 20.3 Å². The van der Waals surface area contributed by atoms with Crippen LogP contribution in [0.4, 0.5) is 5.13 Å². The van der Waals surface area contributed by atoms with Crippen LogP contribution in [0.1, 0.15) is 23.8 Å². The number of anilines is 1. The number of nitrogens with one attached hydrogen (secondary N) is 1. The second-order valence-electron chi connectivity index (χ2n) is 5.87. The van der Waals surface area contributed by atoms with Crippen LogP contribution in [0, 0.1) is 6.92 Å². The molecule has 0 aliphatic rings. The maximum atomic E-state index is 5.76. The number of methoxy groups -OCH3 is 2. The third-order valence-corrected chi connectivity index (χ3v) is 5.61. The van der Waals surface area contributed by atoms with E-state index in [2.05, 4.69) is 35.4 Å². The summed E-state index contributed by atoms with van der Waals surface area (Å²) in [6.07, 6.45) is 2.61. The number of aromatic nitrogens is 1. The Bertz CT molecular complexity index is 911. The Kier molecular flexibility index (Phi) is 6.89. The fourth-order valence-electron chi connectivity index (χ4n) is 2.57. The van der Waals surface area contributed by atoms with Gasteiger partial charge in [-0.25, -0.2) is 4.98 Å². The van der Waals surface area contributed by atoms with Crippen LogP contribution >= 0.6 is 22.7 Å². The average molecular weight is 418 g/mol. The molecule has 0 spiro atoms. The summed E-state index contributed by atoms with van der Waals surface area (Å²) in [4.78, 5) is 6.94. The van der Waals surface area contributed by atoms with E-state index in [1.165, 1.54) is 0 Å². The molecule has 0 saturated heterocycles. The zero-order valence-electron chi connectivity index (χ0n) is 16.3. The first-order valence-corrected chi connectivity index (χ1v) is 10.5. The molecule has 1 aromatic carbocycles. The van der Waals surface area contributed by atoms with E-state index in [0.29, 0.717) is 23.9 Å². The van der Waals surface area contributed by atoms with E-state index in [0.717, 1.165) is 32.6 Å². The summed E-state index contributed by atoms with van der Waals surface area (Å²) in [6.45, 7) is 4.71. The van der Waals surface area contributed by atoms with E-state index in [-0.39, 0.29) is 0 Å². The Labute approximate surface area is 172 Å². The molecule has 0 amide bonds. The smallest absolute Gasteiger partial charge is 0.204 e. The van der Waals surface area contributed by atoms with Crippen LogP contribution in [-0.4, -0.2) is 32.0 Å². The minimum Gasteiger partial charge on any atom is -0.493 e. The first-order chi connectivity index (χ1) is 13.7. The summed E-state index contributed by atoms with van der Waals surface area (Å²) in [5.41, 5.74) is 4.84. The third-order valence-electron chi connectivity index (χ3n) is 3.86. The molecule has 148 valence electrons. The van der Waals surface area contributed by atoms with Crippen LogP contribution in [0.25, 0.3) is 10.6 Å². The van der Waals surface area contributed by atoms with Gasteiger partial charge in [0.05, 0.1) is 37.6 Å². The number of hydrogen-bond acceptors (Lipinski definition) is 8. The molecule has 0 aliphatic heterocycles. The predicted octanol–water partition coefficient (Wildman–Crippen LogP) is 5.43. The maximum Gasteiger partial charge on any atom is 0.204 e. The van der Waals surface area contributed by atoms with Gasteiger partial charge in [0.1, 0.15) is 0 Å².